The Hall–Kier alpha value is -2.04. The number of methoxy groups -OCH3 is 1. The average molecular weight is 265 g/mol. The maximum absolute atomic E-state index is 12.1. The van der Waals surface area contributed by atoms with Gasteiger partial charge in [-0.2, -0.15) is 0 Å². The normalized spacial score (nSPS) is 12.0. The first-order chi connectivity index (χ1) is 8.95. The summed E-state index contributed by atoms with van der Waals surface area (Å²) in [5.74, 6) is -0.746. The van der Waals surface area contributed by atoms with E-state index >= 15 is 0 Å². The Balaban J connectivity index is 2.84. The average Bonchev–Trinajstić information content (AvgIpc) is 2.37. The molecule has 0 aromatic heterocycles. The SMILES string of the molecule is COc1ccccc1C(=O)NC(CC(=O)O)C(C)C. The molecule has 1 aromatic carbocycles. The summed E-state index contributed by atoms with van der Waals surface area (Å²) in [5, 5.41) is 11.6. The van der Waals surface area contributed by atoms with E-state index in [9.17, 15) is 9.59 Å². The maximum atomic E-state index is 12.1. The zero-order valence-electron chi connectivity index (χ0n) is 11.3. The number of carbonyl (C=O) groups excluding carboxylic acids is 1. The number of hydrogen-bond acceptors (Lipinski definition) is 3. The van der Waals surface area contributed by atoms with Gasteiger partial charge in [0.05, 0.1) is 19.1 Å². The molecule has 1 rings (SSSR count). The summed E-state index contributed by atoms with van der Waals surface area (Å²) >= 11 is 0. The lowest BCUT2D eigenvalue weighted by Crippen LogP contribution is -2.40. The Morgan fingerprint density at radius 1 is 1.32 bits per heavy atom. The molecule has 0 saturated carbocycles. The topological polar surface area (TPSA) is 75.6 Å². The molecule has 0 saturated heterocycles. The summed E-state index contributed by atoms with van der Waals surface area (Å²) in [7, 11) is 1.49. The van der Waals surface area contributed by atoms with Crippen molar-refractivity contribution in [1.82, 2.24) is 5.32 Å². The third kappa shape index (κ3) is 4.28. The molecule has 1 aromatic rings. The van der Waals surface area contributed by atoms with Crippen LogP contribution in [0.3, 0.4) is 0 Å². The molecule has 19 heavy (non-hydrogen) atoms. The Labute approximate surface area is 112 Å². The van der Waals surface area contributed by atoms with Crippen molar-refractivity contribution in [1.29, 1.82) is 0 Å². The Morgan fingerprint density at radius 2 is 1.95 bits per heavy atom. The van der Waals surface area contributed by atoms with Crippen LogP contribution < -0.4 is 10.1 Å². The quantitative estimate of drug-likeness (QED) is 0.824. The molecule has 0 aliphatic carbocycles. The molecule has 0 aliphatic rings. The molecular formula is C14H19NO4. The fraction of sp³-hybridized carbons (Fsp3) is 0.429. The molecule has 5 heteroatoms. The van der Waals surface area contributed by atoms with Crippen molar-refractivity contribution >= 4 is 11.9 Å². The number of para-hydroxylation sites is 1. The van der Waals surface area contributed by atoms with Crippen LogP contribution in [0.25, 0.3) is 0 Å². The number of carboxylic acid groups (broad SMARTS) is 1. The van der Waals surface area contributed by atoms with Gasteiger partial charge < -0.3 is 15.2 Å². The highest BCUT2D eigenvalue weighted by atomic mass is 16.5. The summed E-state index contributed by atoms with van der Waals surface area (Å²) in [6.45, 7) is 3.74. The van der Waals surface area contributed by atoms with E-state index in [-0.39, 0.29) is 18.2 Å². The van der Waals surface area contributed by atoms with Gasteiger partial charge in [0.2, 0.25) is 0 Å². The summed E-state index contributed by atoms with van der Waals surface area (Å²) in [4.78, 5) is 22.9. The predicted octanol–water partition coefficient (Wildman–Crippen LogP) is 1.92. The van der Waals surface area contributed by atoms with Crippen LogP contribution in [0.1, 0.15) is 30.6 Å². The highest BCUT2D eigenvalue weighted by molar-refractivity contribution is 5.97. The Kier molecular flexibility index (Phi) is 5.36. The van der Waals surface area contributed by atoms with Crippen LogP contribution in [0.15, 0.2) is 24.3 Å². The number of carbonyl (C=O) groups is 2. The highest BCUT2D eigenvalue weighted by Gasteiger charge is 2.21. The van der Waals surface area contributed by atoms with Gasteiger partial charge >= 0.3 is 5.97 Å². The Bertz CT molecular complexity index is 457. The first-order valence-electron chi connectivity index (χ1n) is 6.11. The van der Waals surface area contributed by atoms with Crippen molar-refractivity contribution in [2.75, 3.05) is 7.11 Å². The minimum atomic E-state index is -0.931. The zero-order chi connectivity index (χ0) is 14.4. The van der Waals surface area contributed by atoms with Crippen LogP contribution >= 0.6 is 0 Å². The van der Waals surface area contributed by atoms with Crippen molar-refractivity contribution in [2.24, 2.45) is 5.92 Å². The monoisotopic (exact) mass is 265 g/mol. The molecule has 1 atom stereocenters. The van der Waals surface area contributed by atoms with E-state index < -0.39 is 12.0 Å². The number of benzene rings is 1. The first kappa shape index (κ1) is 15.0. The van der Waals surface area contributed by atoms with Crippen molar-refractivity contribution in [3.05, 3.63) is 29.8 Å². The van der Waals surface area contributed by atoms with Gasteiger partial charge in [0.1, 0.15) is 5.75 Å². The number of rotatable bonds is 6. The third-order valence-electron chi connectivity index (χ3n) is 2.87. The molecule has 0 spiro atoms. The van der Waals surface area contributed by atoms with Gasteiger partial charge in [-0.05, 0) is 18.1 Å². The molecule has 2 N–H and O–H groups in total. The van der Waals surface area contributed by atoms with Crippen LogP contribution in [0.5, 0.6) is 5.75 Å². The van der Waals surface area contributed by atoms with E-state index in [4.69, 9.17) is 9.84 Å². The second-order valence-electron chi connectivity index (χ2n) is 4.62. The molecular weight excluding hydrogens is 246 g/mol. The van der Waals surface area contributed by atoms with Crippen molar-refractivity contribution in [3.8, 4) is 5.75 Å². The number of nitrogens with one attached hydrogen (secondary N) is 1. The molecule has 0 bridgehead atoms. The van der Waals surface area contributed by atoms with Gasteiger partial charge in [-0.1, -0.05) is 26.0 Å². The van der Waals surface area contributed by atoms with Gasteiger partial charge in [0.15, 0.2) is 0 Å². The van der Waals surface area contributed by atoms with Crippen molar-refractivity contribution < 1.29 is 19.4 Å². The van der Waals surface area contributed by atoms with E-state index in [1.165, 1.54) is 7.11 Å². The minimum Gasteiger partial charge on any atom is -0.496 e. The summed E-state index contributed by atoms with van der Waals surface area (Å²) < 4.78 is 5.11. The first-order valence-corrected chi connectivity index (χ1v) is 6.11. The molecule has 0 radical (unpaired) electrons. The largest absolute Gasteiger partial charge is 0.496 e. The van der Waals surface area contributed by atoms with Crippen LogP contribution in [-0.4, -0.2) is 30.1 Å². The van der Waals surface area contributed by atoms with Crippen LogP contribution in [0.4, 0.5) is 0 Å². The zero-order valence-corrected chi connectivity index (χ0v) is 11.3. The number of aliphatic carboxylic acids is 1. The second kappa shape index (κ2) is 6.78. The molecule has 0 fully saturated rings. The summed E-state index contributed by atoms with van der Waals surface area (Å²) in [6, 6.07) is 6.43. The fourth-order valence-corrected chi connectivity index (χ4v) is 1.72. The predicted molar refractivity (Wildman–Crippen MR) is 71.3 cm³/mol. The molecule has 104 valence electrons. The molecule has 0 aliphatic heterocycles. The van der Waals surface area contributed by atoms with Crippen LogP contribution in [0, 0.1) is 5.92 Å². The molecule has 5 nitrogen and oxygen atoms in total. The lowest BCUT2D eigenvalue weighted by Gasteiger charge is -2.21. The highest BCUT2D eigenvalue weighted by Crippen LogP contribution is 2.18. The number of hydrogen-bond donors (Lipinski definition) is 2. The van der Waals surface area contributed by atoms with E-state index in [1.54, 1.807) is 24.3 Å². The summed E-state index contributed by atoms with van der Waals surface area (Å²) in [6.07, 6.45) is -0.0987. The molecule has 0 heterocycles. The molecule has 1 amide bonds. The van der Waals surface area contributed by atoms with Gasteiger partial charge in [-0.15, -0.1) is 0 Å². The smallest absolute Gasteiger partial charge is 0.305 e. The van der Waals surface area contributed by atoms with E-state index in [2.05, 4.69) is 5.32 Å². The lowest BCUT2D eigenvalue weighted by atomic mass is 10.0. The van der Waals surface area contributed by atoms with Gasteiger partial charge in [0, 0.05) is 6.04 Å². The summed E-state index contributed by atoms with van der Waals surface area (Å²) in [5.41, 5.74) is 0.404. The van der Waals surface area contributed by atoms with Crippen LogP contribution in [-0.2, 0) is 4.79 Å². The fourth-order valence-electron chi connectivity index (χ4n) is 1.72. The van der Waals surface area contributed by atoms with Crippen molar-refractivity contribution in [3.63, 3.8) is 0 Å². The third-order valence-corrected chi connectivity index (χ3v) is 2.87. The van der Waals surface area contributed by atoms with Gasteiger partial charge in [-0.3, -0.25) is 9.59 Å². The number of amides is 1. The number of ether oxygens (including phenoxy) is 1. The maximum Gasteiger partial charge on any atom is 0.305 e. The number of carboxylic acids is 1. The van der Waals surface area contributed by atoms with E-state index in [1.807, 2.05) is 13.8 Å². The van der Waals surface area contributed by atoms with E-state index in [0.29, 0.717) is 11.3 Å². The van der Waals surface area contributed by atoms with Gasteiger partial charge in [0.25, 0.3) is 5.91 Å². The van der Waals surface area contributed by atoms with Crippen molar-refractivity contribution in [2.45, 2.75) is 26.3 Å². The van der Waals surface area contributed by atoms with Gasteiger partial charge in [-0.25, -0.2) is 0 Å². The lowest BCUT2D eigenvalue weighted by molar-refractivity contribution is -0.137. The van der Waals surface area contributed by atoms with Crippen LogP contribution in [0.2, 0.25) is 0 Å². The minimum absolute atomic E-state index is 0.0368. The standard InChI is InChI=1S/C14H19NO4/c1-9(2)11(8-13(16)17)15-14(18)10-6-4-5-7-12(10)19-3/h4-7,9,11H,8H2,1-3H3,(H,15,18)(H,16,17). The second-order valence-corrected chi connectivity index (χ2v) is 4.62. The van der Waals surface area contributed by atoms with E-state index in [0.717, 1.165) is 0 Å². The molecule has 1 unspecified atom stereocenters. The Morgan fingerprint density at radius 3 is 2.47 bits per heavy atom.